The van der Waals surface area contributed by atoms with Gasteiger partial charge in [-0.3, -0.25) is 0 Å². The molecule has 0 aliphatic heterocycles. The molecule has 0 aliphatic carbocycles. The number of rotatable bonds is 8. The van der Waals surface area contributed by atoms with Crippen LogP contribution in [0.5, 0.6) is 5.75 Å². The lowest BCUT2D eigenvalue weighted by atomic mass is 10.1. The predicted molar refractivity (Wildman–Crippen MR) is 75.5 cm³/mol. The molecule has 1 aromatic carbocycles. The van der Waals surface area contributed by atoms with Crippen molar-refractivity contribution in [3.63, 3.8) is 0 Å². The van der Waals surface area contributed by atoms with Gasteiger partial charge in [-0.1, -0.05) is 12.1 Å². The highest BCUT2D eigenvalue weighted by Gasteiger charge is 2.29. The molecule has 1 aromatic rings. The number of carboxylic acid groups (broad SMARTS) is 2. The second-order valence-electron chi connectivity index (χ2n) is 5.05. The minimum atomic E-state index is -1.32. The van der Waals surface area contributed by atoms with Gasteiger partial charge in [-0.05, 0) is 38.5 Å². The molecular formula is C15H20O6. The lowest BCUT2D eigenvalue weighted by molar-refractivity contribution is -0.152. The first kappa shape index (κ1) is 17.0. The van der Waals surface area contributed by atoms with E-state index in [1.54, 1.807) is 31.2 Å². The summed E-state index contributed by atoms with van der Waals surface area (Å²) in [6.07, 6.45) is -0.650. The molecule has 0 radical (unpaired) electrons. The van der Waals surface area contributed by atoms with E-state index in [2.05, 4.69) is 0 Å². The first-order chi connectivity index (χ1) is 9.76. The topological polar surface area (TPSA) is 93.1 Å². The van der Waals surface area contributed by atoms with Crippen molar-refractivity contribution in [3.05, 3.63) is 29.8 Å². The molecule has 0 aliphatic rings. The quantitative estimate of drug-likeness (QED) is 0.761. The van der Waals surface area contributed by atoms with Crippen LogP contribution in [0, 0.1) is 0 Å². The Balaban J connectivity index is 2.74. The van der Waals surface area contributed by atoms with Crippen LogP contribution in [0.2, 0.25) is 0 Å². The third-order valence-corrected chi connectivity index (χ3v) is 2.88. The van der Waals surface area contributed by atoms with E-state index in [9.17, 15) is 9.59 Å². The van der Waals surface area contributed by atoms with Crippen molar-refractivity contribution < 1.29 is 29.3 Å². The highest BCUT2D eigenvalue weighted by atomic mass is 16.5. The summed E-state index contributed by atoms with van der Waals surface area (Å²) < 4.78 is 10.5. The van der Waals surface area contributed by atoms with Crippen LogP contribution in [-0.4, -0.2) is 40.5 Å². The van der Waals surface area contributed by atoms with Crippen molar-refractivity contribution >= 4 is 11.9 Å². The van der Waals surface area contributed by atoms with Crippen LogP contribution in [0.1, 0.15) is 26.3 Å². The van der Waals surface area contributed by atoms with Gasteiger partial charge < -0.3 is 19.7 Å². The first-order valence-electron chi connectivity index (χ1n) is 6.62. The standard InChI is InChI=1S/C15H20O6/c1-4-20-12(13(16)17)9-10-5-7-11(8-6-10)21-15(2,3)14(18)19/h5-8,12H,4,9H2,1-3H3,(H,16,17)(H,18,19)/t12-/m0/s1. The van der Waals surface area contributed by atoms with Crippen molar-refractivity contribution in [2.75, 3.05) is 6.61 Å². The Morgan fingerprint density at radius 2 is 1.76 bits per heavy atom. The molecule has 0 saturated carbocycles. The SMILES string of the molecule is CCO[C@@H](Cc1ccc(OC(C)(C)C(=O)O)cc1)C(=O)O. The fraction of sp³-hybridized carbons (Fsp3) is 0.467. The Morgan fingerprint density at radius 1 is 1.19 bits per heavy atom. The van der Waals surface area contributed by atoms with E-state index < -0.39 is 23.6 Å². The van der Waals surface area contributed by atoms with E-state index in [-0.39, 0.29) is 6.42 Å². The van der Waals surface area contributed by atoms with E-state index in [0.29, 0.717) is 12.4 Å². The molecule has 0 aromatic heterocycles. The fourth-order valence-electron chi connectivity index (χ4n) is 1.66. The van der Waals surface area contributed by atoms with E-state index in [4.69, 9.17) is 19.7 Å². The van der Waals surface area contributed by atoms with Crippen LogP contribution in [0.25, 0.3) is 0 Å². The summed E-state index contributed by atoms with van der Waals surface area (Å²) in [5, 5.41) is 18.0. The van der Waals surface area contributed by atoms with Crippen LogP contribution in [-0.2, 0) is 20.7 Å². The number of hydrogen-bond donors (Lipinski definition) is 2. The summed E-state index contributed by atoms with van der Waals surface area (Å²) in [7, 11) is 0. The second kappa shape index (κ2) is 7.08. The summed E-state index contributed by atoms with van der Waals surface area (Å²) in [6, 6.07) is 6.63. The molecule has 0 fully saturated rings. The zero-order chi connectivity index (χ0) is 16.0. The summed E-state index contributed by atoms with van der Waals surface area (Å²) in [4.78, 5) is 22.0. The molecule has 0 spiro atoms. The minimum Gasteiger partial charge on any atom is -0.479 e. The molecule has 6 nitrogen and oxygen atoms in total. The van der Waals surface area contributed by atoms with Crippen LogP contribution in [0.4, 0.5) is 0 Å². The number of aliphatic carboxylic acids is 2. The average Bonchev–Trinajstić information content (AvgIpc) is 2.39. The summed E-state index contributed by atoms with van der Waals surface area (Å²) >= 11 is 0. The average molecular weight is 296 g/mol. The molecule has 6 heteroatoms. The molecule has 1 rings (SSSR count). The number of hydrogen-bond acceptors (Lipinski definition) is 4. The second-order valence-corrected chi connectivity index (χ2v) is 5.05. The maximum atomic E-state index is 11.0. The lowest BCUT2D eigenvalue weighted by Crippen LogP contribution is -2.37. The van der Waals surface area contributed by atoms with Crippen LogP contribution < -0.4 is 4.74 Å². The third kappa shape index (κ3) is 5.07. The van der Waals surface area contributed by atoms with Gasteiger partial charge in [0, 0.05) is 13.0 Å². The zero-order valence-electron chi connectivity index (χ0n) is 12.3. The first-order valence-corrected chi connectivity index (χ1v) is 6.62. The maximum Gasteiger partial charge on any atom is 0.347 e. The molecule has 116 valence electrons. The number of carbonyl (C=O) groups is 2. The summed E-state index contributed by atoms with van der Waals surface area (Å²) in [5.74, 6) is -1.66. The van der Waals surface area contributed by atoms with Crippen molar-refractivity contribution in [1.82, 2.24) is 0 Å². The van der Waals surface area contributed by atoms with Crippen molar-refractivity contribution in [2.24, 2.45) is 0 Å². The highest BCUT2D eigenvalue weighted by Crippen LogP contribution is 2.20. The van der Waals surface area contributed by atoms with Crippen molar-refractivity contribution in [3.8, 4) is 5.75 Å². The van der Waals surface area contributed by atoms with Gasteiger partial charge in [0.2, 0.25) is 0 Å². The molecular weight excluding hydrogens is 276 g/mol. The molecule has 21 heavy (non-hydrogen) atoms. The Hall–Kier alpha value is -2.08. The highest BCUT2D eigenvalue weighted by molar-refractivity contribution is 5.76. The molecule has 0 bridgehead atoms. The van der Waals surface area contributed by atoms with Crippen LogP contribution in [0.15, 0.2) is 24.3 Å². The molecule has 0 saturated heterocycles. The van der Waals surface area contributed by atoms with E-state index >= 15 is 0 Å². The van der Waals surface area contributed by atoms with Gasteiger partial charge in [0.05, 0.1) is 0 Å². The third-order valence-electron chi connectivity index (χ3n) is 2.88. The number of ether oxygens (including phenoxy) is 2. The Bertz CT molecular complexity index is 491. The Morgan fingerprint density at radius 3 is 2.19 bits per heavy atom. The fourth-order valence-corrected chi connectivity index (χ4v) is 1.66. The number of benzene rings is 1. The molecule has 0 unspecified atom stereocenters. The summed E-state index contributed by atoms with van der Waals surface area (Å²) in [6.45, 7) is 4.98. The largest absolute Gasteiger partial charge is 0.479 e. The lowest BCUT2D eigenvalue weighted by Gasteiger charge is -2.21. The maximum absolute atomic E-state index is 11.0. The van der Waals surface area contributed by atoms with E-state index in [0.717, 1.165) is 5.56 Å². The normalized spacial score (nSPS) is 12.7. The Labute approximate surface area is 123 Å². The molecule has 0 amide bonds. The van der Waals surface area contributed by atoms with Crippen molar-refractivity contribution in [1.29, 1.82) is 0 Å². The van der Waals surface area contributed by atoms with Crippen molar-refractivity contribution in [2.45, 2.75) is 38.9 Å². The summed E-state index contributed by atoms with van der Waals surface area (Å²) in [5.41, 5.74) is -0.549. The molecule has 2 N–H and O–H groups in total. The van der Waals surface area contributed by atoms with Crippen LogP contribution >= 0.6 is 0 Å². The predicted octanol–water partition coefficient (Wildman–Crippen LogP) is 1.96. The minimum absolute atomic E-state index is 0.242. The Kier molecular flexibility index (Phi) is 5.72. The van der Waals surface area contributed by atoms with Gasteiger partial charge in [0.1, 0.15) is 5.75 Å². The molecule has 0 heterocycles. The smallest absolute Gasteiger partial charge is 0.347 e. The molecule has 1 atom stereocenters. The monoisotopic (exact) mass is 296 g/mol. The van der Waals surface area contributed by atoms with Gasteiger partial charge in [-0.25, -0.2) is 9.59 Å². The van der Waals surface area contributed by atoms with Gasteiger partial charge in [0.25, 0.3) is 0 Å². The van der Waals surface area contributed by atoms with Gasteiger partial charge in [-0.15, -0.1) is 0 Å². The van der Waals surface area contributed by atoms with E-state index in [1.165, 1.54) is 13.8 Å². The van der Waals surface area contributed by atoms with Gasteiger partial charge in [-0.2, -0.15) is 0 Å². The van der Waals surface area contributed by atoms with E-state index in [1.807, 2.05) is 0 Å². The van der Waals surface area contributed by atoms with Gasteiger partial charge in [0.15, 0.2) is 11.7 Å². The van der Waals surface area contributed by atoms with Gasteiger partial charge >= 0.3 is 11.9 Å². The zero-order valence-corrected chi connectivity index (χ0v) is 12.3. The number of carboxylic acids is 2. The van der Waals surface area contributed by atoms with Crippen LogP contribution in [0.3, 0.4) is 0 Å².